The van der Waals surface area contributed by atoms with Gasteiger partial charge in [0.15, 0.2) is 17.4 Å². The fraction of sp³-hybridized carbons (Fsp3) is 0.476. The van der Waals surface area contributed by atoms with Gasteiger partial charge in [-0.15, -0.1) is 0 Å². The third-order valence-corrected chi connectivity index (χ3v) is 10.2. The van der Waals surface area contributed by atoms with Crippen LogP contribution < -0.4 is 21.2 Å². The lowest BCUT2D eigenvalue weighted by Gasteiger charge is -2.48. The molecule has 1 atom stereocenters. The second kappa shape index (κ2) is 18.8. The van der Waals surface area contributed by atoms with Gasteiger partial charge in [-0.2, -0.15) is 0 Å². The third-order valence-electron chi connectivity index (χ3n) is 10.2. The van der Waals surface area contributed by atoms with Gasteiger partial charge in [-0.25, -0.2) is 33.5 Å². The van der Waals surface area contributed by atoms with Crippen LogP contribution in [0.25, 0.3) is 0 Å². The number of H-pyrrole nitrogens is 2. The van der Waals surface area contributed by atoms with Crippen LogP contribution in [0.15, 0.2) is 52.6 Å². The first-order valence-electron chi connectivity index (χ1n) is 20.1. The highest BCUT2D eigenvalue weighted by molar-refractivity contribution is 5.94. The Morgan fingerprint density at radius 3 is 1.84 bits per heavy atom. The number of hydrogen-bond acceptors (Lipinski definition) is 13. The van der Waals surface area contributed by atoms with E-state index >= 15 is 0 Å². The lowest BCUT2D eigenvalue weighted by molar-refractivity contribution is -0.122. The SMILES string of the molecule is Cc1nc(C(=O)N2CCN(C(=O)OC(C)(C)C)CC2(C)C)c[nH]c1=O.Cc1nc(C(=O)N2CCN(C(C)C(=O)Nc3cnc(Oc4ccc(F)cc4F)cn3)CC2(C)C)c[nH]c1=O. The Balaban J connectivity index is 0.000000260. The highest BCUT2D eigenvalue weighted by atomic mass is 19.1. The van der Waals surface area contributed by atoms with Crippen molar-refractivity contribution in [3.63, 3.8) is 0 Å². The van der Waals surface area contributed by atoms with Crippen molar-refractivity contribution < 1.29 is 37.4 Å². The van der Waals surface area contributed by atoms with Crippen LogP contribution in [0.4, 0.5) is 19.4 Å². The maximum absolute atomic E-state index is 13.8. The maximum atomic E-state index is 13.8. The minimum absolute atomic E-state index is 0.0312. The molecule has 1 aromatic carbocycles. The van der Waals surface area contributed by atoms with Gasteiger partial charge in [0.25, 0.3) is 22.9 Å². The molecule has 3 aromatic heterocycles. The molecule has 2 fully saturated rings. The van der Waals surface area contributed by atoms with E-state index in [0.717, 1.165) is 12.1 Å². The average Bonchev–Trinajstić information content (AvgIpc) is 3.19. The number of nitrogens with one attached hydrogen (secondary N) is 3. The maximum Gasteiger partial charge on any atom is 0.410 e. The molecular formula is C42H53F2N11O8. The number of carbonyl (C=O) groups excluding carboxylic acids is 4. The Bertz CT molecular complexity index is 2470. The van der Waals surface area contributed by atoms with Crippen molar-refractivity contribution in [3.05, 3.63) is 98.1 Å². The van der Waals surface area contributed by atoms with E-state index in [-0.39, 0.29) is 75.2 Å². The zero-order chi connectivity index (χ0) is 46.6. The number of aromatic amines is 2. The Labute approximate surface area is 362 Å². The summed E-state index contributed by atoms with van der Waals surface area (Å²) in [7, 11) is 0. The molecule has 338 valence electrons. The van der Waals surface area contributed by atoms with Crippen molar-refractivity contribution >= 4 is 29.6 Å². The van der Waals surface area contributed by atoms with E-state index in [9.17, 15) is 37.5 Å². The molecule has 2 aliphatic rings. The molecule has 0 aliphatic carbocycles. The fourth-order valence-electron chi connectivity index (χ4n) is 6.91. The molecule has 19 nitrogen and oxygen atoms in total. The molecule has 4 aromatic rings. The third kappa shape index (κ3) is 11.8. The van der Waals surface area contributed by atoms with Gasteiger partial charge >= 0.3 is 6.09 Å². The Morgan fingerprint density at radius 2 is 1.37 bits per heavy atom. The van der Waals surface area contributed by atoms with Crippen molar-refractivity contribution in [3.8, 4) is 11.6 Å². The monoisotopic (exact) mass is 877 g/mol. The molecule has 1 unspecified atom stereocenters. The van der Waals surface area contributed by atoms with E-state index in [4.69, 9.17) is 9.47 Å². The summed E-state index contributed by atoms with van der Waals surface area (Å²) >= 11 is 0. The largest absolute Gasteiger partial charge is 0.444 e. The highest BCUT2D eigenvalue weighted by Gasteiger charge is 2.42. The van der Waals surface area contributed by atoms with Crippen LogP contribution in [0.5, 0.6) is 11.6 Å². The van der Waals surface area contributed by atoms with Crippen LogP contribution in [-0.2, 0) is 9.53 Å². The molecule has 3 N–H and O–H groups in total. The van der Waals surface area contributed by atoms with E-state index in [2.05, 4.69) is 35.2 Å². The summed E-state index contributed by atoms with van der Waals surface area (Å²) in [6.45, 7) is 20.2. The smallest absolute Gasteiger partial charge is 0.410 e. The van der Waals surface area contributed by atoms with Crippen LogP contribution in [0, 0.1) is 25.5 Å². The Morgan fingerprint density at radius 1 is 0.810 bits per heavy atom. The van der Waals surface area contributed by atoms with Crippen LogP contribution >= 0.6 is 0 Å². The number of rotatable bonds is 7. The van der Waals surface area contributed by atoms with Gasteiger partial charge < -0.3 is 39.5 Å². The normalized spacial score (nSPS) is 16.6. The number of amides is 4. The molecule has 0 saturated carbocycles. The minimum Gasteiger partial charge on any atom is -0.444 e. The standard InChI is InChI=1S/C25H27F2N7O4.C17H26N4O4/c1-14-22(35)30-10-18(31-14)24(37)34-8-7-33(13-25(34,3)4)15(2)23(36)32-20-11-29-21(12-28-20)38-19-6-5-16(26)9-17(19)27;1-11-13(22)18-9-12(19-11)14(23)21-8-7-20(10-17(21,5)6)15(24)25-16(2,3)4/h5-6,9-12,15H,7-8,13H2,1-4H3,(H,30,35)(H,28,32,36);9H,7-8,10H2,1-6H3,(H,18,22). The summed E-state index contributed by atoms with van der Waals surface area (Å²) < 4.78 is 37.5. The molecule has 2 aliphatic heterocycles. The second-order valence-electron chi connectivity index (χ2n) is 17.4. The zero-order valence-electron chi connectivity index (χ0n) is 37.0. The van der Waals surface area contributed by atoms with Crippen LogP contribution in [0.2, 0.25) is 0 Å². The van der Waals surface area contributed by atoms with Gasteiger partial charge in [-0.05, 0) is 81.4 Å². The molecule has 21 heteroatoms. The van der Waals surface area contributed by atoms with E-state index in [1.165, 1.54) is 31.7 Å². The van der Waals surface area contributed by atoms with E-state index in [0.29, 0.717) is 45.3 Å². The van der Waals surface area contributed by atoms with Crippen LogP contribution in [-0.4, -0.2) is 135 Å². The highest BCUT2D eigenvalue weighted by Crippen LogP contribution is 2.27. The quantitative estimate of drug-likeness (QED) is 0.238. The molecule has 5 heterocycles. The lowest BCUT2D eigenvalue weighted by atomic mass is 9.97. The predicted molar refractivity (Wildman–Crippen MR) is 225 cm³/mol. The van der Waals surface area contributed by atoms with Crippen molar-refractivity contribution in [1.29, 1.82) is 0 Å². The van der Waals surface area contributed by atoms with Crippen molar-refractivity contribution in [2.24, 2.45) is 0 Å². The number of aromatic nitrogens is 6. The molecule has 4 amide bonds. The lowest BCUT2D eigenvalue weighted by Crippen LogP contribution is -2.63. The molecule has 6 rings (SSSR count). The number of halogens is 2. The van der Waals surface area contributed by atoms with Gasteiger partial charge in [0, 0.05) is 57.7 Å². The second-order valence-corrected chi connectivity index (χ2v) is 17.4. The number of piperazine rings is 2. The van der Waals surface area contributed by atoms with Gasteiger partial charge in [-0.3, -0.25) is 28.9 Å². The minimum atomic E-state index is -0.882. The summed E-state index contributed by atoms with van der Waals surface area (Å²) in [5.74, 6) is -2.59. The number of ether oxygens (including phenoxy) is 2. The molecule has 0 radical (unpaired) electrons. The summed E-state index contributed by atoms with van der Waals surface area (Å²) in [6.07, 6.45) is 4.73. The first-order chi connectivity index (χ1) is 29.3. The molecule has 2 saturated heterocycles. The molecular weight excluding hydrogens is 825 g/mol. The molecule has 63 heavy (non-hydrogen) atoms. The Hall–Kier alpha value is -6.64. The summed E-state index contributed by atoms with van der Waals surface area (Å²) in [5.41, 5.74) is -1.63. The summed E-state index contributed by atoms with van der Waals surface area (Å²) in [6, 6.07) is 2.33. The van der Waals surface area contributed by atoms with Crippen molar-refractivity contribution in [2.45, 2.75) is 92.0 Å². The Kier molecular flexibility index (Phi) is 14.1. The van der Waals surface area contributed by atoms with Gasteiger partial charge in [0.05, 0.1) is 29.5 Å². The van der Waals surface area contributed by atoms with E-state index < -0.39 is 34.4 Å². The number of carbonyl (C=O) groups is 4. The average molecular weight is 878 g/mol. The van der Waals surface area contributed by atoms with E-state index in [1.807, 2.05) is 53.4 Å². The first-order valence-corrected chi connectivity index (χ1v) is 20.1. The zero-order valence-corrected chi connectivity index (χ0v) is 37.0. The summed E-state index contributed by atoms with van der Waals surface area (Å²) in [5, 5.41) is 2.69. The van der Waals surface area contributed by atoms with Gasteiger partial charge in [0.2, 0.25) is 11.8 Å². The van der Waals surface area contributed by atoms with Gasteiger partial charge in [0.1, 0.15) is 34.2 Å². The number of anilines is 1. The molecule has 0 spiro atoms. The molecule has 0 bridgehead atoms. The number of nitrogens with zero attached hydrogens (tertiary/aromatic N) is 8. The van der Waals surface area contributed by atoms with Crippen LogP contribution in [0.1, 0.15) is 87.8 Å². The van der Waals surface area contributed by atoms with Gasteiger partial charge in [-0.1, -0.05) is 0 Å². The first kappa shape index (κ1) is 47.4. The van der Waals surface area contributed by atoms with E-state index in [1.54, 1.807) is 28.5 Å². The number of hydrogen-bond donors (Lipinski definition) is 3. The topological polar surface area (TPSA) is 229 Å². The predicted octanol–water partition coefficient (Wildman–Crippen LogP) is 4.05. The van der Waals surface area contributed by atoms with Crippen LogP contribution in [0.3, 0.4) is 0 Å². The van der Waals surface area contributed by atoms with Crippen molar-refractivity contribution in [2.75, 3.05) is 44.6 Å². The number of benzene rings is 1. The fourth-order valence-corrected chi connectivity index (χ4v) is 6.91. The summed E-state index contributed by atoms with van der Waals surface area (Å²) in [4.78, 5) is 102. The number of aryl methyl sites for hydroxylation is 2. The van der Waals surface area contributed by atoms with Crippen molar-refractivity contribution in [1.82, 2.24) is 49.5 Å².